The third-order valence-corrected chi connectivity index (χ3v) is 3.90. The Morgan fingerprint density at radius 2 is 2.09 bits per heavy atom. The lowest BCUT2D eigenvalue weighted by atomic mass is 10.1. The number of aliphatic carboxylic acids is 1. The highest BCUT2D eigenvalue weighted by atomic mass is 19.1. The molecule has 1 N–H and O–H groups in total. The number of carboxylic acid groups (broad SMARTS) is 1. The van der Waals surface area contributed by atoms with Gasteiger partial charge in [-0.25, -0.2) is 9.18 Å². The summed E-state index contributed by atoms with van der Waals surface area (Å²) in [6, 6.07) is 3.05. The van der Waals surface area contributed by atoms with Crippen LogP contribution >= 0.6 is 0 Å². The summed E-state index contributed by atoms with van der Waals surface area (Å²) in [6.45, 7) is 0.390. The van der Waals surface area contributed by atoms with Crippen molar-refractivity contribution in [1.82, 2.24) is 4.90 Å². The SMILES string of the molecule is COc1ccc(C(=O)CCC(=O)N2CCCC2C(=O)O)cc1F. The second-order valence-corrected chi connectivity index (χ2v) is 5.36. The van der Waals surface area contributed by atoms with Crippen LogP contribution in [-0.4, -0.2) is 47.4 Å². The van der Waals surface area contributed by atoms with Crippen molar-refractivity contribution in [2.45, 2.75) is 31.7 Å². The predicted molar refractivity (Wildman–Crippen MR) is 78.9 cm³/mol. The second kappa shape index (κ2) is 7.21. The largest absolute Gasteiger partial charge is 0.494 e. The van der Waals surface area contributed by atoms with Crippen LogP contribution in [0.15, 0.2) is 18.2 Å². The zero-order valence-corrected chi connectivity index (χ0v) is 12.8. The summed E-state index contributed by atoms with van der Waals surface area (Å²) in [7, 11) is 1.33. The van der Waals surface area contributed by atoms with Gasteiger partial charge in [0.1, 0.15) is 6.04 Å². The van der Waals surface area contributed by atoms with Gasteiger partial charge in [-0.1, -0.05) is 0 Å². The number of carbonyl (C=O) groups is 3. The first-order valence-electron chi connectivity index (χ1n) is 7.33. The van der Waals surface area contributed by atoms with Gasteiger partial charge < -0.3 is 14.7 Å². The summed E-state index contributed by atoms with van der Waals surface area (Å²) >= 11 is 0. The minimum absolute atomic E-state index is 0.0407. The molecule has 6 nitrogen and oxygen atoms in total. The molecule has 124 valence electrons. The molecule has 0 aliphatic carbocycles. The zero-order chi connectivity index (χ0) is 17.0. The normalized spacial score (nSPS) is 17.1. The fraction of sp³-hybridized carbons (Fsp3) is 0.438. The van der Waals surface area contributed by atoms with E-state index in [1.54, 1.807) is 0 Å². The minimum Gasteiger partial charge on any atom is -0.494 e. The minimum atomic E-state index is -1.03. The Labute approximate surface area is 132 Å². The lowest BCUT2D eigenvalue weighted by Crippen LogP contribution is -2.40. The van der Waals surface area contributed by atoms with Crippen LogP contribution in [0.1, 0.15) is 36.0 Å². The number of hydrogen-bond donors (Lipinski definition) is 1. The number of rotatable bonds is 6. The summed E-state index contributed by atoms with van der Waals surface area (Å²) in [5.74, 6) is -2.36. The zero-order valence-electron chi connectivity index (χ0n) is 12.8. The van der Waals surface area contributed by atoms with E-state index >= 15 is 0 Å². The van der Waals surface area contributed by atoms with Gasteiger partial charge in [0.05, 0.1) is 7.11 Å². The second-order valence-electron chi connectivity index (χ2n) is 5.36. The number of carboxylic acids is 1. The molecule has 1 aliphatic heterocycles. The number of Topliss-reactive ketones (excluding diaryl/α,β-unsaturated/α-hetero) is 1. The van der Waals surface area contributed by atoms with E-state index in [-0.39, 0.29) is 35.8 Å². The maximum Gasteiger partial charge on any atom is 0.326 e. The van der Waals surface area contributed by atoms with E-state index in [1.807, 2.05) is 0 Å². The number of likely N-dealkylation sites (tertiary alicyclic amines) is 1. The summed E-state index contributed by atoms with van der Waals surface area (Å²) in [6.07, 6.45) is 0.892. The van der Waals surface area contributed by atoms with Crippen molar-refractivity contribution in [3.8, 4) is 5.75 Å². The van der Waals surface area contributed by atoms with Crippen LogP contribution in [0, 0.1) is 5.82 Å². The fourth-order valence-electron chi connectivity index (χ4n) is 2.67. The number of benzene rings is 1. The number of amides is 1. The van der Waals surface area contributed by atoms with Gasteiger partial charge in [0.2, 0.25) is 5.91 Å². The van der Waals surface area contributed by atoms with Crippen molar-refractivity contribution < 1.29 is 28.6 Å². The molecule has 0 spiro atoms. The summed E-state index contributed by atoms with van der Waals surface area (Å²) < 4.78 is 18.4. The van der Waals surface area contributed by atoms with Crippen LogP contribution in [0.25, 0.3) is 0 Å². The molecule has 1 fully saturated rings. The van der Waals surface area contributed by atoms with Gasteiger partial charge in [0.25, 0.3) is 0 Å². The molecule has 0 bridgehead atoms. The molecule has 2 rings (SSSR count). The Morgan fingerprint density at radius 1 is 1.35 bits per heavy atom. The third-order valence-electron chi connectivity index (χ3n) is 3.90. The van der Waals surface area contributed by atoms with Gasteiger partial charge in [0.15, 0.2) is 17.3 Å². The van der Waals surface area contributed by atoms with Gasteiger partial charge in [0, 0.05) is 24.9 Å². The van der Waals surface area contributed by atoms with Crippen LogP contribution in [-0.2, 0) is 9.59 Å². The molecule has 0 radical (unpaired) electrons. The van der Waals surface area contributed by atoms with Crippen LogP contribution in [0.3, 0.4) is 0 Å². The first-order valence-corrected chi connectivity index (χ1v) is 7.33. The highest BCUT2D eigenvalue weighted by Gasteiger charge is 2.33. The number of ketones is 1. The first kappa shape index (κ1) is 16.9. The van der Waals surface area contributed by atoms with Crippen molar-refractivity contribution in [2.75, 3.05) is 13.7 Å². The van der Waals surface area contributed by atoms with Gasteiger partial charge in [-0.15, -0.1) is 0 Å². The van der Waals surface area contributed by atoms with Gasteiger partial charge in [-0.2, -0.15) is 0 Å². The molecular formula is C16H18FNO5. The van der Waals surface area contributed by atoms with Crippen molar-refractivity contribution in [3.05, 3.63) is 29.6 Å². The molecule has 1 saturated heterocycles. The summed E-state index contributed by atoms with van der Waals surface area (Å²) in [5, 5.41) is 9.05. The van der Waals surface area contributed by atoms with Crippen LogP contribution < -0.4 is 4.74 Å². The van der Waals surface area contributed by atoms with Crippen molar-refractivity contribution in [3.63, 3.8) is 0 Å². The van der Waals surface area contributed by atoms with Crippen molar-refractivity contribution in [2.24, 2.45) is 0 Å². The lowest BCUT2D eigenvalue weighted by Gasteiger charge is -2.21. The van der Waals surface area contributed by atoms with Crippen molar-refractivity contribution in [1.29, 1.82) is 0 Å². The monoisotopic (exact) mass is 323 g/mol. The van der Waals surface area contributed by atoms with E-state index < -0.39 is 17.8 Å². The topological polar surface area (TPSA) is 83.9 Å². The van der Waals surface area contributed by atoms with E-state index in [4.69, 9.17) is 9.84 Å². The molecule has 7 heteroatoms. The first-order chi connectivity index (χ1) is 10.9. The maximum absolute atomic E-state index is 13.6. The van der Waals surface area contributed by atoms with E-state index in [0.717, 1.165) is 6.07 Å². The van der Waals surface area contributed by atoms with Gasteiger partial charge in [-0.05, 0) is 31.0 Å². The number of halogens is 1. The van der Waals surface area contributed by atoms with E-state index in [2.05, 4.69) is 0 Å². The smallest absolute Gasteiger partial charge is 0.326 e. The van der Waals surface area contributed by atoms with Crippen LogP contribution in [0.2, 0.25) is 0 Å². The lowest BCUT2D eigenvalue weighted by molar-refractivity contribution is -0.148. The molecule has 1 aliphatic rings. The molecule has 0 aromatic heterocycles. The Kier molecular flexibility index (Phi) is 5.31. The highest BCUT2D eigenvalue weighted by Crippen LogP contribution is 2.21. The molecule has 1 heterocycles. The molecule has 1 aromatic carbocycles. The molecule has 1 aromatic rings. The van der Waals surface area contributed by atoms with E-state index in [9.17, 15) is 18.8 Å². The van der Waals surface area contributed by atoms with Gasteiger partial charge >= 0.3 is 5.97 Å². The van der Waals surface area contributed by atoms with Crippen molar-refractivity contribution >= 4 is 17.7 Å². The quantitative estimate of drug-likeness (QED) is 0.808. The molecule has 1 atom stereocenters. The maximum atomic E-state index is 13.6. The Balaban J connectivity index is 1.95. The molecule has 0 saturated carbocycles. The number of methoxy groups -OCH3 is 1. The Bertz CT molecular complexity index is 631. The number of ether oxygens (including phenoxy) is 1. The van der Waals surface area contributed by atoms with E-state index in [1.165, 1.54) is 24.1 Å². The molecule has 23 heavy (non-hydrogen) atoms. The van der Waals surface area contributed by atoms with Gasteiger partial charge in [-0.3, -0.25) is 9.59 Å². The third kappa shape index (κ3) is 3.85. The summed E-state index contributed by atoms with van der Waals surface area (Å²) in [4.78, 5) is 36.5. The molecule has 1 unspecified atom stereocenters. The fourth-order valence-corrected chi connectivity index (χ4v) is 2.67. The van der Waals surface area contributed by atoms with E-state index in [0.29, 0.717) is 19.4 Å². The average molecular weight is 323 g/mol. The predicted octanol–water partition coefficient (Wildman–Crippen LogP) is 1.87. The number of carbonyl (C=O) groups excluding carboxylic acids is 2. The molecular weight excluding hydrogens is 305 g/mol. The Hall–Kier alpha value is -2.44. The highest BCUT2D eigenvalue weighted by molar-refractivity contribution is 5.98. The summed E-state index contributed by atoms with van der Waals surface area (Å²) in [5.41, 5.74) is 0.160. The van der Waals surface area contributed by atoms with Crippen LogP contribution in [0.4, 0.5) is 4.39 Å². The Morgan fingerprint density at radius 3 is 2.70 bits per heavy atom. The number of hydrogen-bond acceptors (Lipinski definition) is 4. The average Bonchev–Trinajstić information content (AvgIpc) is 3.02. The standard InChI is InChI=1S/C16H18FNO5/c1-23-14-6-4-10(9-11(14)17)13(19)5-7-15(20)18-8-2-3-12(18)16(21)22/h4,6,9,12H,2-3,5,7-8H2,1H3,(H,21,22). The molecule has 1 amide bonds. The number of nitrogens with zero attached hydrogens (tertiary/aromatic N) is 1. The van der Waals surface area contributed by atoms with Crippen LogP contribution in [0.5, 0.6) is 5.75 Å².